The van der Waals surface area contributed by atoms with E-state index in [9.17, 15) is 35.9 Å². The molecule has 3 rings (SSSR count). The standard InChI is InChI=1S/C26H26ClF6NO4S2/c1-24(25(28,29)30,26(31,32)33)14-40-17-5-2-15(3-6-17)13-39-23-18-12-20(38-22(37)9-8-21(35)36)34-11-10-16(18)4-7-19(23)27/h2-7,20,34H,8-14H2,1H3,(H,35,36). The van der Waals surface area contributed by atoms with Crippen molar-refractivity contribution in [2.75, 3.05) is 12.3 Å². The van der Waals surface area contributed by atoms with E-state index in [1.54, 1.807) is 18.2 Å². The number of thioether (sulfide) groups is 2. The molecule has 220 valence electrons. The zero-order valence-electron chi connectivity index (χ0n) is 21.1. The molecule has 5 nitrogen and oxygen atoms in total. The Morgan fingerprint density at radius 2 is 1.68 bits per heavy atom. The predicted molar refractivity (Wildman–Crippen MR) is 141 cm³/mol. The van der Waals surface area contributed by atoms with Crippen LogP contribution in [-0.4, -0.2) is 47.9 Å². The van der Waals surface area contributed by atoms with Crippen molar-refractivity contribution < 1.29 is 45.8 Å². The minimum Gasteiger partial charge on any atom is -0.481 e. The number of carboxylic acids is 1. The zero-order chi connectivity index (χ0) is 29.7. The maximum Gasteiger partial charge on any atom is 0.403 e. The lowest BCUT2D eigenvalue weighted by molar-refractivity contribution is -0.325. The van der Waals surface area contributed by atoms with E-state index in [1.807, 2.05) is 6.07 Å². The van der Waals surface area contributed by atoms with Gasteiger partial charge in [-0.15, -0.1) is 23.5 Å². The highest BCUT2D eigenvalue weighted by Crippen LogP contribution is 2.52. The van der Waals surface area contributed by atoms with Crippen molar-refractivity contribution >= 4 is 47.1 Å². The number of hydrogen-bond donors (Lipinski definition) is 2. The molecule has 0 aromatic heterocycles. The van der Waals surface area contributed by atoms with Gasteiger partial charge in [0.15, 0.2) is 11.6 Å². The van der Waals surface area contributed by atoms with Crippen LogP contribution in [0.2, 0.25) is 5.02 Å². The highest BCUT2D eigenvalue weighted by atomic mass is 35.5. The van der Waals surface area contributed by atoms with E-state index >= 15 is 0 Å². The van der Waals surface area contributed by atoms with Crippen LogP contribution in [0, 0.1) is 5.41 Å². The maximum absolute atomic E-state index is 13.2. The summed E-state index contributed by atoms with van der Waals surface area (Å²) in [5.41, 5.74) is -1.17. The highest BCUT2D eigenvalue weighted by molar-refractivity contribution is 7.99. The molecule has 40 heavy (non-hydrogen) atoms. The normalized spacial score (nSPS) is 16.2. The van der Waals surface area contributed by atoms with E-state index in [1.165, 1.54) is 23.9 Å². The molecule has 1 heterocycles. The van der Waals surface area contributed by atoms with Crippen LogP contribution in [0.5, 0.6) is 0 Å². The summed E-state index contributed by atoms with van der Waals surface area (Å²) in [6, 6.07) is 9.89. The monoisotopic (exact) mass is 629 g/mol. The first-order valence-electron chi connectivity index (χ1n) is 12.0. The van der Waals surface area contributed by atoms with Gasteiger partial charge in [0.05, 0.1) is 17.9 Å². The molecule has 0 amide bonds. The Balaban J connectivity index is 1.67. The Hall–Kier alpha value is -2.09. The number of nitrogens with one attached hydrogen (secondary N) is 1. The molecule has 0 saturated carbocycles. The molecule has 0 aliphatic carbocycles. The molecule has 2 N–H and O–H groups in total. The van der Waals surface area contributed by atoms with E-state index < -0.39 is 41.7 Å². The Bertz CT molecular complexity index is 1190. The first kappa shape index (κ1) is 32.4. The van der Waals surface area contributed by atoms with Crippen molar-refractivity contribution in [1.82, 2.24) is 5.32 Å². The number of rotatable bonds is 10. The molecule has 2 aromatic carbocycles. The summed E-state index contributed by atoms with van der Waals surface area (Å²) in [5.74, 6) is -2.52. The summed E-state index contributed by atoms with van der Waals surface area (Å²) in [6.07, 6.45) is -11.2. The summed E-state index contributed by atoms with van der Waals surface area (Å²) in [4.78, 5) is 23.8. The van der Waals surface area contributed by atoms with Gasteiger partial charge in [-0.1, -0.05) is 29.8 Å². The van der Waals surface area contributed by atoms with Gasteiger partial charge in [-0.2, -0.15) is 26.3 Å². The predicted octanol–water partition coefficient (Wildman–Crippen LogP) is 7.28. The number of carbonyl (C=O) groups excluding carboxylic acids is 1. The zero-order valence-corrected chi connectivity index (χ0v) is 23.5. The molecule has 1 aliphatic heterocycles. The number of halogens is 7. The second-order valence-corrected chi connectivity index (χ2v) is 11.8. The van der Waals surface area contributed by atoms with Crippen molar-refractivity contribution in [3.8, 4) is 0 Å². The van der Waals surface area contributed by atoms with Crippen molar-refractivity contribution in [3.05, 3.63) is 58.1 Å². The fourth-order valence-electron chi connectivity index (χ4n) is 3.78. The molecule has 1 aliphatic rings. The van der Waals surface area contributed by atoms with Gasteiger partial charge in [-0.3, -0.25) is 14.9 Å². The van der Waals surface area contributed by atoms with Crippen LogP contribution in [0.3, 0.4) is 0 Å². The largest absolute Gasteiger partial charge is 0.481 e. The molecular weight excluding hydrogens is 604 g/mol. The average molecular weight is 630 g/mol. The number of carboxylic acid groups (broad SMARTS) is 1. The number of benzene rings is 2. The van der Waals surface area contributed by atoms with Gasteiger partial charge in [-0.25, -0.2) is 0 Å². The van der Waals surface area contributed by atoms with Gasteiger partial charge in [-0.05, 0) is 48.2 Å². The van der Waals surface area contributed by atoms with Crippen LogP contribution in [0.15, 0.2) is 46.2 Å². The number of alkyl halides is 6. The number of esters is 1. The lowest BCUT2D eigenvalue weighted by atomic mass is 9.92. The van der Waals surface area contributed by atoms with Crippen molar-refractivity contribution in [1.29, 1.82) is 0 Å². The van der Waals surface area contributed by atoms with Crippen molar-refractivity contribution in [2.24, 2.45) is 5.41 Å². The lowest BCUT2D eigenvalue weighted by Gasteiger charge is -2.33. The Morgan fingerprint density at radius 3 is 2.27 bits per heavy atom. The van der Waals surface area contributed by atoms with Gasteiger partial charge < -0.3 is 9.84 Å². The molecule has 0 fully saturated rings. The van der Waals surface area contributed by atoms with Crippen LogP contribution in [-0.2, 0) is 32.9 Å². The van der Waals surface area contributed by atoms with Crippen LogP contribution in [0.25, 0.3) is 0 Å². The number of hydrogen-bond acceptors (Lipinski definition) is 6. The van der Waals surface area contributed by atoms with Crippen LogP contribution in [0.4, 0.5) is 26.3 Å². The van der Waals surface area contributed by atoms with Crippen LogP contribution >= 0.6 is 35.1 Å². The fourth-order valence-corrected chi connectivity index (χ4v) is 6.33. The Morgan fingerprint density at radius 1 is 1.02 bits per heavy atom. The van der Waals surface area contributed by atoms with E-state index in [0.717, 1.165) is 21.6 Å². The molecule has 2 aromatic rings. The maximum atomic E-state index is 13.2. The number of ether oxygens (including phenoxy) is 1. The third-order valence-corrected chi connectivity index (χ3v) is 9.35. The van der Waals surface area contributed by atoms with Crippen molar-refractivity contribution in [3.63, 3.8) is 0 Å². The summed E-state index contributed by atoms with van der Waals surface area (Å²) >= 11 is 8.40. The van der Waals surface area contributed by atoms with E-state index in [4.69, 9.17) is 21.4 Å². The summed E-state index contributed by atoms with van der Waals surface area (Å²) in [7, 11) is 0. The van der Waals surface area contributed by atoms with Gasteiger partial charge in [0.1, 0.15) is 0 Å². The molecule has 1 unspecified atom stereocenters. The molecule has 0 radical (unpaired) electrons. The van der Waals surface area contributed by atoms with Gasteiger partial charge in [0.25, 0.3) is 0 Å². The second-order valence-electron chi connectivity index (χ2n) is 9.34. The molecule has 14 heteroatoms. The SMILES string of the molecule is CC(CSc1ccc(CSc2c(Cl)ccc3c2CC(OC(=O)CCC(=O)O)NCC3)cc1)(C(F)(F)F)C(F)(F)F. The van der Waals surface area contributed by atoms with E-state index in [-0.39, 0.29) is 24.7 Å². The fraction of sp³-hybridized carbons (Fsp3) is 0.462. The second kappa shape index (κ2) is 13.3. The van der Waals surface area contributed by atoms with Crippen molar-refractivity contribution in [2.45, 2.75) is 66.7 Å². The Labute approximate surface area is 240 Å². The molecule has 0 spiro atoms. The topological polar surface area (TPSA) is 75.6 Å². The number of carbonyl (C=O) groups is 2. The minimum absolute atomic E-state index is 0.161. The van der Waals surface area contributed by atoms with Gasteiger partial charge >= 0.3 is 24.3 Å². The van der Waals surface area contributed by atoms with Crippen LogP contribution in [0.1, 0.15) is 36.5 Å². The lowest BCUT2D eigenvalue weighted by Crippen LogP contribution is -2.49. The smallest absolute Gasteiger partial charge is 0.403 e. The van der Waals surface area contributed by atoms with E-state index in [0.29, 0.717) is 41.9 Å². The summed E-state index contributed by atoms with van der Waals surface area (Å²) in [6.45, 7) is 0.686. The average Bonchev–Trinajstić information content (AvgIpc) is 3.06. The summed E-state index contributed by atoms with van der Waals surface area (Å²) < 4.78 is 84.4. The third-order valence-electron chi connectivity index (χ3n) is 6.37. The molecular formula is C26H26ClF6NO4S2. The summed E-state index contributed by atoms with van der Waals surface area (Å²) in [5, 5.41) is 12.4. The number of fused-ring (bicyclic) bond motifs is 1. The molecule has 0 bridgehead atoms. The quantitative estimate of drug-likeness (QED) is 0.163. The first-order chi connectivity index (χ1) is 18.6. The Kier molecular flexibility index (Phi) is 10.7. The third kappa shape index (κ3) is 8.23. The molecule has 1 atom stereocenters. The minimum atomic E-state index is -5.44. The van der Waals surface area contributed by atoms with E-state index in [2.05, 4.69) is 5.32 Å². The van der Waals surface area contributed by atoms with Gasteiger partial charge in [0, 0.05) is 34.3 Å². The molecule has 0 saturated heterocycles. The first-order valence-corrected chi connectivity index (χ1v) is 14.4. The highest BCUT2D eigenvalue weighted by Gasteiger charge is 2.67. The number of aliphatic carboxylic acids is 1. The van der Waals surface area contributed by atoms with Gasteiger partial charge in [0.2, 0.25) is 0 Å². The van der Waals surface area contributed by atoms with Crippen LogP contribution < -0.4 is 5.32 Å².